The molecule has 0 spiro atoms. The van der Waals surface area contributed by atoms with Crippen LogP contribution in [0.25, 0.3) is 0 Å². The number of rotatable bonds is 8. The average molecular weight is 462 g/mol. The lowest BCUT2D eigenvalue weighted by atomic mass is 9.53. The van der Waals surface area contributed by atoms with E-state index in [1.165, 1.54) is 7.11 Å². The van der Waals surface area contributed by atoms with E-state index in [9.17, 15) is 14.7 Å². The van der Waals surface area contributed by atoms with Crippen molar-refractivity contribution in [3.05, 3.63) is 22.8 Å². The van der Waals surface area contributed by atoms with Crippen LogP contribution in [-0.2, 0) is 32.6 Å². The summed E-state index contributed by atoms with van der Waals surface area (Å²) in [5, 5.41) is 15.0. The molecule has 1 saturated carbocycles. The van der Waals surface area contributed by atoms with Gasteiger partial charge in [-0.1, -0.05) is 34.6 Å². The Morgan fingerprint density at radius 2 is 2.00 bits per heavy atom. The van der Waals surface area contributed by atoms with Crippen LogP contribution in [0.1, 0.15) is 83.4 Å². The van der Waals surface area contributed by atoms with Crippen molar-refractivity contribution in [1.82, 2.24) is 5.32 Å². The molecular formula is C27H43NO5. The fourth-order valence-corrected chi connectivity index (χ4v) is 5.78. The lowest BCUT2D eigenvalue weighted by Crippen LogP contribution is -2.56. The number of methoxy groups -OCH3 is 2. The molecule has 0 heterocycles. The smallest absolute Gasteiger partial charge is 0.305 e. The summed E-state index contributed by atoms with van der Waals surface area (Å²) in [5.74, 6) is 1.35. The van der Waals surface area contributed by atoms with Gasteiger partial charge in [0.25, 0.3) is 0 Å². The van der Waals surface area contributed by atoms with Crippen molar-refractivity contribution in [2.45, 2.75) is 91.0 Å². The predicted molar refractivity (Wildman–Crippen MR) is 131 cm³/mol. The molecule has 1 aromatic rings. The molecule has 186 valence electrons. The van der Waals surface area contributed by atoms with Gasteiger partial charge in [-0.3, -0.25) is 9.59 Å². The Morgan fingerprint density at radius 3 is 2.58 bits per heavy atom. The molecule has 33 heavy (non-hydrogen) atoms. The summed E-state index contributed by atoms with van der Waals surface area (Å²) in [4.78, 5) is 24.5. The van der Waals surface area contributed by atoms with E-state index in [-0.39, 0.29) is 35.9 Å². The van der Waals surface area contributed by atoms with Crippen LogP contribution < -0.4 is 10.1 Å². The Bertz CT molecular complexity index is 834. The highest BCUT2D eigenvalue weighted by Crippen LogP contribution is 2.56. The van der Waals surface area contributed by atoms with Crippen molar-refractivity contribution in [2.75, 3.05) is 20.8 Å². The number of ether oxygens (including phenoxy) is 2. The number of esters is 1. The van der Waals surface area contributed by atoms with E-state index in [0.717, 1.165) is 42.5 Å². The molecule has 2 unspecified atom stereocenters. The first-order valence-corrected chi connectivity index (χ1v) is 12.5. The predicted octanol–water partition coefficient (Wildman–Crippen LogP) is 4.72. The van der Waals surface area contributed by atoms with Crippen molar-refractivity contribution in [2.24, 2.45) is 11.8 Å². The molecular weight excluding hydrogens is 418 g/mol. The van der Waals surface area contributed by atoms with Crippen molar-refractivity contribution in [3.63, 3.8) is 0 Å². The number of aryl methyl sites for hydroxylation is 1. The Hall–Kier alpha value is -2.08. The maximum Gasteiger partial charge on any atom is 0.305 e. The van der Waals surface area contributed by atoms with Gasteiger partial charge in [0.2, 0.25) is 0 Å². The molecule has 6 nitrogen and oxygen atoms in total. The zero-order valence-electron chi connectivity index (χ0n) is 21.5. The van der Waals surface area contributed by atoms with E-state index in [0.29, 0.717) is 30.9 Å². The van der Waals surface area contributed by atoms with E-state index in [1.54, 1.807) is 7.11 Å². The molecule has 0 radical (unpaired) electrons. The number of phenols is 1. The van der Waals surface area contributed by atoms with Crippen molar-refractivity contribution < 1.29 is 24.2 Å². The molecule has 6 heteroatoms. The van der Waals surface area contributed by atoms with Crippen LogP contribution >= 0.6 is 0 Å². The molecule has 0 saturated heterocycles. The minimum Gasteiger partial charge on any atom is -0.504 e. The molecule has 3 atom stereocenters. The number of ketones is 1. The number of hydrogen-bond donors (Lipinski definition) is 2. The summed E-state index contributed by atoms with van der Waals surface area (Å²) in [6, 6.07) is 2.08. The molecule has 2 N–H and O–H groups in total. The van der Waals surface area contributed by atoms with Crippen LogP contribution in [0.3, 0.4) is 0 Å². The quantitative estimate of drug-likeness (QED) is 0.545. The number of nitrogens with one attached hydrogen (secondary N) is 1. The second kappa shape index (κ2) is 11.9. The Morgan fingerprint density at radius 1 is 1.30 bits per heavy atom. The van der Waals surface area contributed by atoms with Gasteiger partial charge < -0.3 is 19.9 Å². The third-order valence-corrected chi connectivity index (χ3v) is 7.29. The molecule has 0 bridgehead atoms. The van der Waals surface area contributed by atoms with Gasteiger partial charge in [-0.05, 0) is 61.3 Å². The fraction of sp³-hybridized carbons (Fsp3) is 0.704. The second-order valence-electron chi connectivity index (χ2n) is 9.50. The van der Waals surface area contributed by atoms with E-state index in [1.807, 2.05) is 19.9 Å². The highest BCUT2D eigenvalue weighted by atomic mass is 16.5. The van der Waals surface area contributed by atoms with Crippen molar-refractivity contribution >= 4 is 11.8 Å². The molecule has 2 aliphatic carbocycles. The Labute approximate surface area is 199 Å². The van der Waals surface area contributed by atoms with Crippen LogP contribution in [-0.4, -0.2) is 43.7 Å². The molecule has 0 amide bonds. The van der Waals surface area contributed by atoms with Crippen LogP contribution in [0.4, 0.5) is 0 Å². The zero-order chi connectivity index (χ0) is 24.8. The second-order valence-corrected chi connectivity index (χ2v) is 9.50. The SMILES string of the molecule is CC.CC[C@@]12CC(=O)CCC1C(NCC(C)C)Cc1c(CCC(=O)OC)cc(OC)c(O)c12. The van der Waals surface area contributed by atoms with Gasteiger partial charge in [-0.2, -0.15) is 0 Å². The first-order valence-electron chi connectivity index (χ1n) is 12.5. The number of aromatic hydroxyl groups is 1. The van der Waals surface area contributed by atoms with E-state index < -0.39 is 5.41 Å². The molecule has 1 fully saturated rings. The molecule has 3 rings (SSSR count). The third kappa shape index (κ3) is 5.53. The third-order valence-electron chi connectivity index (χ3n) is 7.29. The van der Waals surface area contributed by atoms with Gasteiger partial charge in [0.15, 0.2) is 11.5 Å². The van der Waals surface area contributed by atoms with Crippen LogP contribution in [0.15, 0.2) is 6.07 Å². The molecule has 0 aromatic heterocycles. The van der Waals surface area contributed by atoms with Gasteiger partial charge >= 0.3 is 5.97 Å². The number of Topliss-reactive ketones (excluding diaryl/α,β-unsaturated/α-hetero) is 1. The van der Waals surface area contributed by atoms with E-state index >= 15 is 0 Å². The van der Waals surface area contributed by atoms with Crippen molar-refractivity contribution in [1.29, 1.82) is 0 Å². The van der Waals surface area contributed by atoms with Crippen LogP contribution in [0.5, 0.6) is 11.5 Å². The van der Waals surface area contributed by atoms with Gasteiger partial charge in [-0.15, -0.1) is 0 Å². The summed E-state index contributed by atoms with van der Waals surface area (Å²) in [5.41, 5.74) is 2.51. The summed E-state index contributed by atoms with van der Waals surface area (Å²) < 4.78 is 10.4. The Kier molecular flexibility index (Phi) is 9.77. The normalized spacial score (nSPS) is 23.8. The first-order chi connectivity index (χ1) is 15.8. The highest BCUT2D eigenvalue weighted by molar-refractivity contribution is 5.82. The van der Waals surface area contributed by atoms with Crippen LogP contribution in [0, 0.1) is 11.8 Å². The zero-order valence-corrected chi connectivity index (χ0v) is 21.5. The summed E-state index contributed by atoms with van der Waals surface area (Å²) in [7, 11) is 2.94. The summed E-state index contributed by atoms with van der Waals surface area (Å²) in [6.45, 7) is 11.4. The Balaban J connectivity index is 0.00000187. The molecule has 2 aliphatic rings. The van der Waals surface area contributed by atoms with E-state index in [4.69, 9.17) is 9.47 Å². The number of carbonyl (C=O) groups is 2. The average Bonchev–Trinajstić information content (AvgIpc) is 2.82. The number of fused-ring (bicyclic) bond motifs is 3. The topological polar surface area (TPSA) is 84.9 Å². The molecule has 0 aliphatic heterocycles. The summed E-state index contributed by atoms with van der Waals surface area (Å²) >= 11 is 0. The lowest BCUT2D eigenvalue weighted by Gasteiger charge is -2.52. The van der Waals surface area contributed by atoms with Gasteiger partial charge in [-0.25, -0.2) is 0 Å². The first kappa shape index (κ1) is 27.2. The number of phenolic OH excluding ortho intramolecular Hbond substituents is 1. The number of carbonyl (C=O) groups excluding carboxylic acids is 2. The maximum atomic E-state index is 12.7. The summed E-state index contributed by atoms with van der Waals surface area (Å²) in [6.07, 6.45) is 4.20. The number of benzene rings is 1. The van der Waals surface area contributed by atoms with Gasteiger partial charge in [0, 0.05) is 36.3 Å². The van der Waals surface area contributed by atoms with E-state index in [2.05, 4.69) is 26.1 Å². The van der Waals surface area contributed by atoms with Gasteiger partial charge in [0.05, 0.1) is 14.2 Å². The minimum absolute atomic E-state index is 0.156. The lowest BCUT2D eigenvalue weighted by molar-refractivity contribution is -0.140. The number of hydrogen-bond acceptors (Lipinski definition) is 6. The largest absolute Gasteiger partial charge is 0.504 e. The monoisotopic (exact) mass is 461 g/mol. The minimum atomic E-state index is -0.420. The standard InChI is InChI=1S/C25H37NO5.C2H6/c1-6-25-13-17(27)8-9-19(25)20(26-14-15(2)3)12-18-16(7-10-22(28)31-5)11-21(30-4)24(29)23(18)25;1-2/h11,15,19-20,26,29H,6-10,12-14H2,1-5H3;1-2H3/t19?,20?,25-;/m1./s1. The van der Waals surface area contributed by atoms with Gasteiger partial charge in [0.1, 0.15) is 5.78 Å². The van der Waals surface area contributed by atoms with Crippen molar-refractivity contribution in [3.8, 4) is 11.5 Å². The fourth-order valence-electron chi connectivity index (χ4n) is 5.78. The molecule has 1 aromatic carbocycles. The highest BCUT2D eigenvalue weighted by Gasteiger charge is 2.52. The maximum absolute atomic E-state index is 12.7. The van der Waals surface area contributed by atoms with Crippen LogP contribution in [0.2, 0.25) is 0 Å².